The number of hydrogen-bond acceptors (Lipinski definition) is 10. The number of hydrogen-bond donors (Lipinski definition) is 2. The van der Waals surface area contributed by atoms with Crippen molar-refractivity contribution in [2.24, 2.45) is 5.16 Å². The van der Waals surface area contributed by atoms with E-state index in [1.54, 1.807) is 5.38 Å². The summed E-state index contributed by atoms with van der Waals surface area (Å²) in [7, 11) is 3.42. The SMILES string of the molecule is CO/N=C(\C(=O)NC1C(=O)N2C(C(=O)[O-])=C(C[N+]3(C)CCCCC3)CS[C@H]12)c1csc(N)n1. The maximum atomic E-state index is 12.9. The highest BCUT2D eigenvalue weighted by Crippen LogP contribution is 2.41. The Kier molecular flexibility index (Phi) is 6.64. The van der Waals surface area contributed by atoms with Gasteiger partial charge >= 0.3 is 0 Å². The second-order valence-electron chi connectivity index (χ2n) is 8.58. The number of carboxylic acids is 1. The molecule has 4 heterocycles. The number of aromatic nitrogens is 1. The molecular formula is C20H26N6O5S2. The number of rotatable bonds is 7. The summed E-state index contributed by atoms with van der Waals surface area (Å²) in [6.07, 6.45) is 3.39. The van der Waals surface area contributed by atoms with Crippen LogP contribution in [0, 0.1) is 0 Å². The predicted molar refractivity (Wildman–Crippen MR) is 122 cm³/mol. The molecule has 3 aliphatic heterocycles. The molecule has 2 saturated heterocycles. The number of amides is 2. The number of carboxylic acid groups (broad SMARTS) is 1. The topological polar surface area (TPSA) is 150 Å². The summed E-state index contributed by atoms with van der Waals surface area (Å²) in [4.78, 5) is 47.8. The largest absolute Gasteiger partial charge is 0.543 e. The van der Waals surface area contributed by atoms with Gasteiger partial charge in [0.2, 0.25) is 0 Å². The van der Waals surface area contributed by atoms with Gasteiger partial charge in [0.15, 0.2) is 10.8 Å². The van der Waals surface area contributed by atoms with Crippen LogP contribution in [-0.2, 0) is 19.2 Å². The third-order valence-electron chi connectivity index (χ3n) is 6.16. The van der Waals surface area contributed by atoms with E-state index in [0.717, 1.165) is 41.8 Å². The van der Waals surface area contributed by atoms with Gasteiger partial charge in [0.05, 0.1) is 31.8 Å². The van der Waals surface area contributed by atoms with Crippen LogP contribution in [0.5, 0.6) is 0 Å². The lowest BCUT2D eigenvalue weighted by atomic mass is 10.0. The molecule has 1 aromatic rings. The van der Waals surface area contributed by atoms with E-state index in [0.29, 0.717) is 17.9 Å². The molecule has 33 heavy (non-hydrogen) atoms. The molecule has 11 nitrogen and oxygen atoms in total. The lowest BCUT2D eigenvalue weighted by Crippen LogP contribution is -2.72. The summed E-state index contributed by atoms with van der Waals surface area (Å²) in [5, 5.41) is 19.7. The van der Waals surface area contributed by atoms with Crippen molar-refractivity contribution in [1.29, 1.82) is 0 Å². The van der Waals surface area contributed by atoms with Crippen molar-refractivity contribution >= 4 is 51.7 Å². The van der Waals surface area contributed by atoms with Crippen molar-refractivity contribution in [3.05, 3.63) is 22.3 Å². The Morgan fingerprint density at radius 2 is 2.12 bits per heavy atom. The third kappa shape index (κ3) is 4.57. The summed E-state index contributed by atoms with van der Waals surface area (Å²) in [6.45, 7) is 2.53. The molecule has 178 valence electrons. The Morgan fingerprint density at radius 3 is 2.73 bits per heavy atom. The maximum absolute atomic E-state index is 12.9. The number of nitrogens with two attached hydrogens (primary N) is 1. The van der Waals surface area contributed by atoms with Gasteiger partial charge < -0.3 is 30.3 Å². The zero-order valence-corrected chi connectivity index (χ0v) is 20.0. The highest BCUT2D eigenvalue weighted by Gasteiger charge is 2.53. The molecule has 3 N–H and O–H groups in total. The van der Waals surface area contributed by atoms with Gasteiger partial charge in [-0.3, -0.25) is 14.5 Å². The van der Waals surface area contributed by atoms with Crippen LogP contribution in [0.2, 0.25) is 0 Å². The lowest BCUT2D eigenvalue weighted by molar-refractivity contribution is -0.909. The van der Waals surface area contributed by atoms with Gasteiger partial charge in [0.1, 0.15) is 30.8 Å². The summed E-state index contributed by atoms with van der Waals surface area (Å²) in [5.41, 5.74) is 6.41. The fourth-order valence-corrected chi connectivity index (χ4v) is 6.47. The fraction of sp³-hybridized carbons (Fsp3) is 0.550. The number of nitrogens with one attached hydrogen (secondary N) is 1. The number of thiazole rings is 1. The molecule has 1 unspecified atom stereocenters. The number of likely N-dealkylation sites (tertiary alicyclic amines) is 1. The average Bonchev–Trinajstić information content (AvgIpc) is 3.21. The first kappa shape index (κ1) is 23.5. The van der Waals surface area contributed by atoms with Crippen LogP contribution in [0.1, 0.15) is 25.0 Å². The minimum absolute atomic E-state index is 0.0581. The normalized spacial score (nSPS) is 24.7. The summed E-state index contributed by atoms with van der Waals surface area (Å²) in [5.74, 6) is -2.05. The number of thioether (sulfide) groups is 1. The van der Waals surface area contributed by atoms with Crippen LogP contribution >= 0.6 is 23.1 Å². The molecule has 2 amide bonds. The fourth-order valence-electron chi connectivity index (χ4n) is 4.59. The van der Waals surface area contributed by atoms with Crippen LogP contribution in [0.3, 0.4) is 0 Å². The first-order chi connectivity index (χ1) is 15.7. The standard InChI is InChI=1S/C20H26N6O5S2/c1-26(6-4-3-5-7-26)8-11-9-32-18-14(17(28)25(18)15(11)19(29)30)23-16(27)13(24-31-2)12-10-33-20(21)22-12/h10,14,18H,3-9H2,1-2H3,(H3-,21,22,23,27,29,30)/b24-13-/t14?,18-/m1/s1. The molecule has 0 aliphatic carbocycles. The van der Waals surface area contributed by atoms with Crippen molar-refractivity contribution in [1.82, 2.24) is 15.2 Å². The number of aliphatic carboxylic acids is 1. The van der Waals surface area contributed by atoms with Gasteiger partial charge in [-0.1, -0.05) is 5.16 Å². The van der Waals surface area contributed by atoms with Crippen molar-refractivity contribution in [3.8, 4) is 0 Å². The predicted octanol–water partition coefficient (Wildman–Crippen LogP) is -0.890. The quantitative estimate of drug-likeness (QED) is 0.215. The van der Waals surface area contributed by atoms with E-state index in [2.05, 4.69) is 22.5 Å². The van der Waals surface area contributed by atoms with E-state index < -0.39 is 29.2 Å². The van der Waals surface area contributed by atoms with Gasteiger partial charge in [-0.2, -0.15) is 0 Å². The molecule has 1 aromatic heterocycles. The van der Waals surface area contributed by atoms with Crippen molar-refractivity contribution in [2.45, 2.75) is 30.7 Å². The second kappa shape index (κ2) is 9.31. The van der Waals surface area contributed by atoms with Crippen LogP contribution in [0.15, 0.2) is 21.8 Å². The first-order valence-electron chi connectivity index (χ1n) is 10.6. The van der Waals surface area contributed by atoms with E-state index >= 15 is 0 Å². The van der Waals surface area contributed by atoms with Crippen molar-refractivity contribution < 1.29 is 28.8 Å². The number of quaternary nitrogens is 1. The van der Waals surface area contributed by atoms with Gasteiger partial charge in [-0.05, 0) is 19.3 Å². The Balaban J connectivity index is 1.51. The van der Waals surface area contributed by atoms with Crippen molar-refractivity contribution in [2.75, 3.05) is 45.3 Å². The van der Waals surface area contributed by atoms with Crippen molar-refractivity contribution in [3.63, 3.8) is 0 Å². The number of nitrogens with zero attached hydrogens (tertiary/aromatic N) is 4. The van der Waals surface area contributed by atoms with E-state index in [1.165, 1.54) is 30.2 Å². The number of β-lactam (4-membered cyclic amide) rings is 1. The molecule has 0 bridgehead atoms. The first-order valence-corrected chi connectivity index (χ1v) is 12.5. The monoisotopic (exact) mass is 494 g/mol. The van der Waals surface area contributed by atoms with E-state index in [1.807, 2.05) is 0 Å². The third-order valence-corrected chi connectivity index (χ3v) is 8.17. The highest BCUT2D eigenvalue weighted by atomic mass is 32.2. The number of fused-ring (bicyclic) bond motifs is 1. The molecule has 13 heteroatoms. The Labute approximate surface area is 199 Å². The van der Waals surface area contributed by atoms with E-state index in [4.69, 9.17) is 10.6 Å². The molecule has 2 fully saturated rings. The smallest absolute Gasteiger partial charge is 0.276 e. The Morgan fingerprint density at radius 1 is 1.39 bits per heavy atom. The second-order valence-corrected chi connectivity index (χ2v) is 10.6. The zero-order chi connectivity index (χ0) is 23.8. The molecule has 3 aliphatic rings. The summed E-state index contributed by atoms with van der Waals surface area (Å²) < 4.78 is 0.757. The van der Waals surface area contributed by atoms with Crippen LogP contribution in [-0.4, -0.2) is 88.8 Å². The molecule has 4 rings (SSSR count). The average molecular weight is 495 g/mol. The number of carbonyl (C=O) groups is 3. The Hall–Kier alpha value is -2.64. The molecule has 0 radical (unpaired) electrons. The lowest BCUT2D eigenvalue weighted by Gasteiger charge is -2.51. The molecule has 0 spiro atoms. The Bertz CT molecular complexity index is 1030. The number of likely N-dealkylation sites (N-methyl/N-ethyl adjacent to an activating group) is 1. The summed E-state index contributed by atoms with van der Waals surface area (Å²) >= 11 is 2.58. The van der Waals surface area contributed by atoms with Gasteiger partial charge in [0.25, 0.3) is 11.8 Å². The van der Waals surface area contributed by atoms with Gasteiger partial charge in [-0.25, -0.2) is 4.98 Å². The summed E-state index contributed by atoms with van der Waals surface area (Å²) in [6, 6.07) is -0.892. The zero-order valence-electron chi connectivity index (χ0n) is 18.4. The van der Waals surface area contributed by atoms with Gasteiger partial charge in [-0.15, -0.1) is 23.1 Å². The van der Waals surface area contributed by atoms with E-state index in [-0.39, 0.29) is 22.2 Å². The molecule has 0 aromatic carbocycles. The highest BCUT2D eigenvalue weighted by molar-refractivity contribution is 8.00. The molecule has 2 atom stereocenters. The van der Waals surface area contributed by atoms with Crippen LogP contribution in [0.4, 0.5) is 5.13 Å². The van der Waals surface area contributed by atoms with Crippen LogP contribution in [0.25, 0.3) is 0 Å². The number of anilines is 1. The molecule has 0 saturated carbocycles. The molecular weight excluding hydrogens is 468 g/mol. The van der Waals surface area contributed by atoms with E-state index in [9.17, 15) is 19.5 Å². The minimum Gasteiger partial charge on any atom is -0.543 e. The minimum atomic E-state index is -1.36. The maximum Gasteiger partial charge on any atom is 0.276 e. The number of piperidine rings is 1. The number of nitrogen functional groups attached to an aromatic ring is 1. The van der Waals surface area contributed by atoms with Gasteiger partial charge in [0, 0.05) is 16.7 Å². The van der Waals surface area contributed by atoms with Crippen LogP contribution < -0.4 is 16.2 Å². The number of oxime groups is 1. The number of carbonyl (C=O) groups excluding carboxylic acids is 3.